The van der Waals surface area contributed by atoms with E-state index in [4.69, 9.17) is 0 Å². The van der Waals surface area contributed by atoms with Crippen LogP contribution in [0, 0.1) is 5.92 Å². The highest BCUT2D eigenvalue weighted by Crippen LogP contribution is 2.31. The summed E-state index contributed by atoms with van der Waals surface area (Å²) < 4.78 is 0. The predicted molar refractivity (Wildman–Crippen MR) is 64.0 cm³/mol. The zero-order chi connectivity index (χ0) is 11.1. The van der Waals surface area contributed by atoms with E-state index < -0.39 is 0 Å². The van der Waals surface area contributed by atoms with Gasteiger partial charge in [-0.1, -0.05) is 39.0 Å². The number of likely N-dealkylation sites (N-methyl/N-ethyl adjacent to an activating group) is 1. The maximum Gasteiger partial charge on any atom is 0.152 e. The molecule has 1 atom stereocenters. The standard InChI is InChI=1S/C13H25NO/c1-3-4-5-6-7-8-12(14-2)13(15)11-9-10-11/h11-12,14H,3-10H2,1-2H3. The van der Waals surface area contributed by atoms with Crippen LogP contribution in [-0.2, 0) is 4.79 Å². The van der Waals surface area contributed by atoms with Crippen molar-refractivity contribution in [3.05, 3.63) is 0 Å². The average Bonchev–Trinajstić information content (AvgIpc) is 3.06. The maximum absolute atomic E-state index is 11.8. The molecule has 0 amide bonds. The zero-order valence-corrected chi connectivity index (χ0v) is 10.2. The largest absolute Gasteiger partial charge is 0.311 e. The second kappa shape index (κ2) is 7.00. The van der Waals surface area contributed by atoms with Gasteiger partial charge in [-0.15, -0.1) is 0 Å². The van der Waals surface area contributed by atoms with Crippen molar-refractivity contribution in [2.45, 2.75) is 64.3 Å². The van der Waals surface area contributed by atoms with Gasteiger partial charge in [0, 0.05) is 5.92 Å². The van der Waals surface area contributed by atoms with E-state index in [-0.39, 0.29) is 6.04 Å². The molecule has 1 N–H and O–H groups in total. The number of nitrogens with one attached hydrogen (secondary N) is 1. The number of carbonyl (C=O) groups excluding carboxylic acids is 1. The van der Waals surface area contributed by atoms with Gasteiger partial charge in [0.25, 0.3) is 0 Å². The molecule has 1 rings (SSSR count). The van der Waals surface area contributed by atoms with E-state index in [1.54, 1.807) is 0 Å². The molecule has 1 aliphatic rings. The van der Waals surface area contributed by atoms with Crippen LogP contribution in [0.25, 0.3) is 0 Å². The van der Waals surface area contributed by atoms with Crippen molar-refractivity contribution in [3.8, 4) is 0 Å². The number of Topliss-reactive ketones (excluding diaryl/α,β-unsaturated/α-hetero) is 1. The van der Waals surface area contributed by atoms with Crippen molar-refractivity contribution in [3.63, 3.8) is 0 Å². The number of ketones is 1. The molecule has 0 aromatic heterocycles. The molecular formula is C13H25NO. The Hall–Kier alpha value is -0.370. The van der Waals surface area contributed by atoms with Crippen molar-refractivity contribution in [1.29, 1.82) is 0 Å². The number of hydrogen-bond donors (Lipinski definition) is 1. The van der Waals surface area contributed by atoms with Gasteiger partial charge in [-0.3, -0.25) is 4.79 Å². The Kier molecular flexibility index (Phi) is 5.92. The summed E-state index contributed by atoms with van der Waals surface area (Å²) in [5.74, 6) is 0.867. The lowest BCUT2D eigenvalue weighted by molar-refractivity contribution is -0.122. The Morgan fingerprint density at radius 2 is 1.93 bits per heavy atom. The van der Waals surface area contributed by atoms with Crippen molar-refractivity contribution < 1.29 is 4.79 Å². The minimum Gasteiger partial charge on any atom is -0.311 e. The van der Waals surface area contributed by atoms with E-state index in [1.165, 1.54) is 32.1 Å². The number of unbranched alkanes of at least 4 members (excludes halogenated alkanes) is 4. The summed E-state index contributed by atoms with van der Waals surface area (Å²) in [5, 5.41) is 3.16. The van der Waals surface area contributed by atoms with Crippen molar-refractivity contribution in [2.24, 2.45) is 5.92 Å². The van der Waals surface area contributed by atoms with Gasteiger partial charge in [0.05, 0.1) is 6.04 Å². The van der Waals surface area contributed by atoms with E-state index in [2.05, 4.69) is 12.2 Å². The Bertz CT molecular complexity index is 187. The van der Waals surface area contributed by atoms with E-state index in [0.29, 0.717) is 11.7 Å². The van der Waals surface area contributed by atoms with Gasteiger partial charge in [-0.2, -0.15) is 0 Å². The third-order valence-corrected chi connectivity index (χ3v) is 3.27. The Labute approximate surface area is 93.8 Å². The SMILES string of the molecule is CCCCCCCC(NC)C(=O)C1CC1. The monoisotopic (exact) mass is 211 g/mol. The van der Waals surface area contributed by atoms with Gasteiger partial charge in [0.2, 0.25) is 0 Å². The van der Waals surface area contributed by atoms with Gasteiger partial charge in [0.1, 0.15) is 0 Å². The predicted octanol–water partition coefficient (Wildman–Crippen LogP) is 2.91. The van der Waals surface area contributed by atoms with Gasteiger partial charge in [0.15, 0.2) is 5.78 Å². The van der Waals surface area contributed by atoms with Crippen LogP contribution in [0.2, 0.25) is 0 Å². The second-order valence-electron chi connectivity index (χ2n) is 4.72. The summed E-state index contributed by atoms with van der Waals surface area (Å²) >= 11 is 0. The van der Waals surface area contributed by atoms with Gasteiger partial charge in [-0.05, 0) is 26.3 Å². The topological polar surface area (TPSA) is 29.1 Å². The Morgan fingerprint density at radius 1 is 1.27 bits per heavy atom. The van der Waals surface area contributed by atoms with E-state index >= 15 is 0 Å². The molecule has 0 aromatic carbocycles. The van der Waals surface area contributed by atoms with Crippen LogP contribution in [0.5, 0.6) is 0 Å². The minimum atomic E-state index is 0.138. The maximum atomic E-state index is 11.8. The van der Waals surface area contributed by atoms with Crippen molar-refractivity contribution in [2.75, 3.05) is 7.05 Å². The highest BCUT2D eigenvalue weighted by Gasteiger charge is 2.33. The Balaban J connectivity index is 2.07. The van der Waals surface area contributed by atoms with Crippen molar-refractivity contribution >= 4 is 5.78 Å². The summed E-state index contributed by atoms with van der Waals surface area (Å²) in [4.78, 5) is 11.8. The molecule has 1 saturated carbocycles. The van der Waals surface area contributed by atoms with Crippen LogP contribution >= 0.6 is 0 Å². The first-order valence-electron chi connectivity index (χ1n) is 6.50. The highest BCUT2D eigenvalue weighted by molar-refractivity contribution is 5.88. The molecule has 0 radical (unpaired) electrons. The minimum absolute atomic E-state index is 0.138. The molecular weight excluding hydrogens is 186 g/mol. The third-order valence-electron chi connectivity index (χ3n) is 3.27. The van der Waals surface area contributed by atoms with Crippen LogP contribution in [0.1, 0.15) is 58.3 Å². The molecule has 1 fully saturated rings. The van der Waals surface area contributed by atoms with Crippen molar-refractivity contribution in [1.82, 2.24) is 5.32 Å². The molecule has 1 aliphatic carbocycles. The van der Waals surface area contributed by atoms with E-state index in [9.17, 15) is 4.79 Å². The normalized spacial score (nSPS) is 17.7. The van der Waals surface area contributed by atoms with Crippen LogP contribution in [-0.4, -0.2) is 18.9 Å². The molecule has 0 bridgehead atoms. The van der Waals surface area contributed by atoms with Gasteiger partial charge in [-0.25, -0.2) is 0 Å². The lowest BCUT2D eigenvalue weighted by Crippen LogP contribution is -2.35. The first kappa shape index (κ1) is 12.7. The fourth-order valence-corrected chi connectivity index (χ4v) is 2.03. The fourth-order valence-electron chi connectivity index (χ4n) is 2.03. The van der Waals surface area contributed by atoms with E-state index in [1.807, 2.05) is 7.05 Å². The highest BCUT2D eigenvalue weighted by atomic mass is 16.1. The first-order chi connectivity index (χ1) is 7.29. The van der Waals surface area contributed by atoms with Gasteiger partial charge >= 0.3 is 0 Å². The third kappa shape index (κ3) is 4.78. The number of rotatable bonds is 9. The summed E-state index contributed by atoms with van der Waals surface area (Å²) in [6.45, 7) is 2.23. The molecule has 0 spiro atoms. The zero-order valence-electron chi connectivity index (χ0n) is 10.2. The van der Waals surface area contributed by atoms with Crippen LogP contribution < -0.4 is 5.32 Å². The molecule has 0 heterocycles. The second-order valence-corrected chi connectivity index (χ2v) is 4.72. The van der Waals surface area contributed by atoms with Crippen LogP contribution in [0.4, 0.5) is 0 Å². The molecule has 15 heavy (non-hydrogen) atoms. The lowest BCUT2D eigenvalue weighted by atomic mass is 10.0. The average molecular weight is 211 g/mol. The summed E-state index contributed by atoms with van der Waals surface area (Å²) in [6.07, 6.45) is 9.73. The smallest absolute Gasteiger partial charge is 0.152 e. The Morgan fingerprint density at radius 3 is 2.47 bits per heavy atom. The number of carbonyl (C=O) groups is 1. The molecule has 2 nitrogen and oxygen atoms in total. The quantitative estimate of drug-likeness (QED) is 0.594. The van der Waals surface area contributed by atoms with Crippen LogP contribution in [0.3, 0.4) is 0 Å². The van der Waals surface area contributed by atoms with E-state index in [0.717, 1.165) is 19.3 Å². The molecule has 0 aromatic rings. The number of hydrogen-bond acceptors (Lipinski definition) is 2. The molecule has 88 valence electrons. The van der Waals surface area contributed by atoms with Crippen LogP contribution in [0.15, 0.2) is 0 Å². The summed E-state index contributed by atoms with van der Waals surface area (Å²) in [6, 6.07) is 0.138. The first-order valence-corrected chi connectivity index (χ1v) is 6.50. The molecule has 2 heteroatoms. The summed E-state index contributed by atoms with van der Waals surface area (Å²) in [5.41, 5.74) is 0. The molecule has 0 aliphatic heterocycles. The van der Waals surface area contributed by atoms with Gasteiger partial charge < -0.3 is 5.32 Å². The fraction of sp³-hybridized carbons (Fsp3) is 0.923. The lowest BCUT2D eigenvalue weighted by Gasteiger charge is -2.14. The molecule has 0 saturated heterocycles. The summed E-state index contributed by atoms with van der Waals surface area (Å²) in [7, 11) is 1.91. The molecule has 1 unspecified atom stereocenters.